The lowest BCUT2D eigenvalue weighted by Gasteiger charge is -2.56. The number of aromatic hydroxyl groups is 1. The number of halogens is 1. The molecule has 1 fully saturated rings. The number of rotatable bonds is 4. The molecule has 184 valence electrons. The van der Waals surface area contributed by atoms with Crippen LogP contribution in [0.3, 0.4) is 0 Å². The molecule has 1 aliphatic carbocycles. The predicted molar refractivity (Wildman–Crippen MR) is 129 cm³/mol. The standard InChI is InChI=1S/C24H26FN5O4S/c1-3-29-23(34)19-21(33)20(32)17(13-30(19)28(2)24(29)10-8-16(31)9-11-24)22-27-26-18(35-22)12-14-4-6-15(25)7-5-14/h4-7,13,16,31,33H,3,8-12H2,1-2H3. The Morgan fingerprint density at radius 2 is 1.86 bits per heavy atom. The number of benzene rings is 1. The van der Waals surface area contributed by atoms with E-state index in [1.807, 2.05) is 19.0 Å². The van der Waals surface area contributed by atoms with E-state index in [1.54, 1.807) is 21.7 Å². The molecule has 0 saturated heterocycles. The number of carbonyl (C=O) groups is 1. The maximum atomic E-state index is 13.5. The van der Waals surface area contributed by atoms with Gasteiger partial charge in [0, 0.05) is 26.2 Å². The molecular formula is C24H26FN5O4S. The largest absolute Gasteiger partial charge is 0.502 e. The normalized spacial score (nSPS) is 22.1. The third-order valence-corrected chi connectivity index (χ3v) is 8.03. The van der Waals surface area contributed by atoms with Gasteiger partial charge in [-0.15, -0.1) is 10.2 Å². The quantitative estimate of drug-likeness (QED) is 0.567. The lowest BCUT2D eigenvalue weighted by molar-refractivity contribution is -0.00902. The van der Waals surface area contributed by atoms with Gasteiger partial charge in [0.2, 0.25) is 5.43 Å². The van der Waals surface area contributed by atoms with Crippen molar-refractivity contribution in [1.29, 1.82) is 0 Å². The first-order chi connectivity index (χ1) is 16.7. The average molecular weight is 500 g/mol. The van der Waals surface area contributed by atoms with Crippen LogP contribution in [0.25, 0.3) is 10.6 Å². The number of hydrogen-bond donors (Lipinski definition) is 2. The summed E-state index contributed by atoms with van der Waals surface area (Å²) in [5.41, 5.74) is -0.453. The van der Waals surface area contributed by atoms with E-state index in [0.29, 0.717) is 48.7 Å². The van der Waals surface area contributed by atoms with E-state index in [1.165, 1.54) is 29.7 Å². The van der Waals surface area contributed by atoms with Gasteiger partial charge in [0.1, 0.15) is 16.5 Å². The molecule has 0 atom stereocenters. The van der Waals surface area contributed by atoms with Crippen molar-refractivity contribution in [3.8, 4) is 16.3 Å². The van der Waals surface area contributed by atoms with Crippen LogP contribution < -0.4 is 10.4 Å². The van der Waals surface area contributed by atoms with E-state index in [9.17, 15) is 24.2 Å². The van der Waals surface area contributed by atoms with Gasteiger partial charge in [0.05, 0.1) is 11.7 Å². The highest BCUT2D eigenvalue weighted by molar-refractivity contribution is 7.14. The van der Waals surface area contributed by atoms with Gasteiger partial charge in [-0.05, 0) is 50.3 Å². The van der Waals surface area contributed by atoms with E-state index in [-0.39, 0.29) is 17.1 Å². The van der Waals surface area contributed by atoms with Crippen molar-refractivity contribution >= 4 is 17.2 Å². The molecule has 1 aromatic carbocycles. The minimum atomic E-state index is -0.687. The Morgan fingerprint density at radius 1 is 1.17 bits per heavy atom. The van der Waals surface area contributed by atoms with Crippen LogP contribution >= 0.6 is 11.3 Å². The third-order valence-electron chi connectivity index (χ3n) is 7.08. The summed E-state index contributed by atoms with van der Waals surface area (Å²) in [6, 6.07) is 6.07. The summed E-state index contributed by atoms with van der Waals surface area (Å²) < 4.78 is 14.7. The van der Waals surface area contributed by atoms with Crippen molar-refractivity contribution in [3.05, 3.63) is 62.8 Å². The van der Waals surface area contributed by atoms with Gasteiger partial charge < -0.3 is 15.1 Å². The summed E-state index contributed by atoms with van der Waals surface area (Å²) in [5.74, 6) is -1.37. The molecule has 9 nitrogen and oxygen atoms in total. The fourth-order valence-electron chi connectivity index (χ4n) is 5.18. The Labute approximate surface area is 205 Å². The van der Waals surface area contributed by atoms with Crippen LogP contribution in [0.1, 0.15) is 53.7 Å². The van der Waals surface area contributed by atoms with E-state index in [2.05, 4.69) is 10.2 Å². The Bertz CT molecular complexity index is 1330. The Kier molecular flexibility index (Phi) is 5.84. The summed E-state index contributed by atoms with van der Waals surface area (Å²) in [6.45, 7) is 2.26. The zero-order valence-corrected chi connectivity index (χ0v) is 20.3. The van der Waals surface area contributed by atoms with E-state index >= 15 is 0 Å². The number of nitrogens with zero attached hydrogens (tertiary/aromatic N) is 5. The Morgan fingerprint density at radius 3 is 2.51 bits per heavy atom. The van der Waals surface area contributed by atoms with Crippen molar-refractivity contribution in [3.63, 3.8) is 0 Å². The van der Waals surface area contributed by atoms with Crippen LogP contribution in [0.4, 0.5) is 4.39 Å². The molecule has 2 aliphatic rings. The summed E-state index contributed by atoms with van der Waals surface area (Å²) >= 11 is 1.21. The fraction of sp³-hybridized carbons (Fsp3) is 0.417. The number of pyridine rings is 1. The van der Waals surface area contributed by atoms with Crippen LogP contribution in [0.5, 0.6) is 5.75 Å². The lowest BCUT2D eigenvalue weighted by Crippen LogP contribution is -2.70. The molecule has 0 bridgehead atoms. The highest BCUT2D eigenvalue weighted by Crippen LogP contribution is 2.40. The first-order valence-electron chi connectivity index (χ1n) is 11.5. The zero-order valence-electron chi connectivity index (χ0n) is 19.4. The third kappa shape index (κ3) is 3.79. The van der Waals surface area contributed by atoms with E-state index in [0.717, 1.165) is 5.56 Å². The van der Waals surface area contributed by atoms with Gasteiger partial charge in [-0.1, -0.05) is 23.5 Å². The molecule has 0 radical (unpaired) electrons. The summed E-state index contributed by atoms with van der Waals surface area (Å²) in [7, 11) is 1.82. The molecule has 0 unspecified atom stereocenters. The molecule has 35 heavy (non-hydrogen) atoms. The number of hydrogen-bond acceptors (Lipinski definition) is 8. The van der Waals surface area contributed by atoms with Gasteiger partial charge >= 0.3 is 0 Å². The van der Waals surface area contributed by atoms with Crippen LogP contribution in [-0.4, -0.2) is 61.3 Å². The van der Waals surface area contributed by atoms with Gasteiger partial charge in [-0.3, -0.25) is 19.3 Å². The molecule has 1 amide bonds. The minimum Gasteiger partial charge on any atom is -0.502 e. The predicted octanol–water partition coefficient (Wildman–Crippen LogP) is 2.48. The molecule has 2 aromatic heterocycles. The molecule has 1 saturated carbocycles. The number of aliphatic hydroxyl groups is 1. The molecule has 5 rings (SSSR count). The highest BCUT2D eigenvalue weighted by atomic mass is 32.1. The first-order valence-corrected chi connectivity index (χ1v) is 12.4. The van der Waals surface area contributed by atoms with Gasteiger partial charge in [-0.2, -0.15) is 0 Å². The molecule has 3 heterocycles. The summed E-state index contributed by atoms with van der Waals surface area (Å²) in [5, 5.41) is 32.1. The number of fused-ring (bicyclic) bond motifs is 1. The second-order valence-corrected chi connectivity index (χ2v) is 10.1. The molecule has 3 aromatic rings. The minimum absolute atomic E-state index is 0.0871. The van der Waals surface area contributed by atoms with Crippen LogP contribution in [0, 0.1) is 5.82 Å². The second kappa shape index (κ2) is 8.72. The second-order valence-electron chi connectivity index (χ2n) is 9.00. The number of aliphatic hydroxyl groups excluding tert-OH is 1. The van der Waals surface area contributed by atoms with Crippen molar-refractivity contribution in [2.24, 2.45) is 0 Å². The van der Waals surface area contributed by atoms with Gasteiger partial charge in [0.15, 0.2) is 16.5 Å². The number of amides is 1. The van der Waals surface area contributed by atoms with Crippen molar-refractivity contribution in [2.45, 2.75) is 50.8 Å². The molecular weight excluding hydrogens is 473 g/mol. The molecule has 1 spiro atoms. The lowest BCUT2D eigenvalue weighted by atomic mass is 9.84. The van der Waals surface area contributed by atoms with Crippen molar-refractivity contribution in [1.82, 2.24) is 19.8 Å². The first kappa shape index (κ1) is 23.4. The van der Waals surface area contributed by atoms with Crippen molar-refractivity contribution in [2.75, 3.05) is 18.6 Å². The van der Waals surface area contributed by atoms with E-state index < -0.39 is 28.9 Å². The highest BCUT2D eigenvalue weighted by Gasteiger charge is 2.50. The SMILES string of the molecule is CCN1C(=O)c2c(O)c(=O)c(-c3nnc(Cc4ccc(F)cc4)s3)cn2N(C)C12CCC(O)CC2. The summed E-state index contributed by atoms with van der Waals surface area (Å²) in [6.07, 6.45) is 3.77. The average Bonchev–Trinajstić information content (AvgIpc) is 3.31. The number of aromatic nitrogens is 3. The van der Waals surface area contributed by atoms with Crippen LogP contribution in [0.15, 0.2) is 35.3 Å². The van der Waals surface area contributed by atoms with E-state index in [4.69, 9.17) is 0 Å². The number of carbonyl (C=O) groups excluding carboxylic acids is 1. The van der Waals surface area contributed by atoms with Gasteiger partial charge in [0.25, 0.3) is 5.91 Å². The Hall–Kier alpha value is -3.31. The zero-order chi connectivity index (χ0) is 24.9. The fourth-order valence-corrected chi connectivity index (χ4v) is 6.06. The maximum absolute atomic E-state index is 13.5. The molecule has 2 N–H and O–H groups in total. The van der Waals surface area contributed by atoms with Crippen molar-refractivity contribution < 1.29 is 19.4 Å². The smallest absolute Gasteiger partial charge is 0.278 e. The molecule has 1 aliphatic heterocycles. The monoisotopic (exact) mass is 499 g/mol. The summed E-state index contributed by atoms with van der Waals surface area (Å²) in [4.78, 5) is 28.3. The maximum Gasteiger partial charge on any atom is 0.278 e. The molecule has 11 heteroatoms. The topological polar surface area (TPSA) is 112 Å². The Balaban J connectivity index is 1.56. The van der Waals surface area contributed by atoms with Gasteiger partial charge in [-0.25, -0.2) is 4.39 Å². The van der Waals surface area contributed by atoms with Crippen LogP contribution in [0.2, 0.25) is 0 Å². The van der Waals surface area contributed by atoms with Crippen LogP contribution in [-0.2, 0) is 6.42 Å².